The van der Waals surface area contributed by atoms with Crippen LogP contribution in [0.2, 0.25) is 0 Å². The topological polar surface area (TPSA) is 75.3 Å². The van der Waals surface area contributed by atoms with Gasteiger partial charge in [0.25, 0.3) is 0 Å². The molecule has 0 spiro atoms. The smallest absolute Gasteiger partial charge is 0.244 e. The Bertz CT molecular complexity index is 639. The highest BCUT2D eigenvalue weighted by Gasteiger charge is 2.30. The van der Waals surface area contributed by atoms with Gasteiger partial charge >= 0.3 is 0 Å². The minimum atomic E-state index is -1.09. The van der Waals surface area contributed by atoms with Crippen molar-refractivity contribution in [2.75, 3.05) is 6.54 Å². The first-order valence-corrected chi connectivity index (χ1v) is 8.27. The molecule has 24 heavy (non-hydrogen) atoms. The maximum absolute atomic E-state index is 12.6. The van der Waals surface area contributed by atoms with Gasteiger partial charge in [-0.3, -0.25) is 4.79 Å². The number of rotatable bonds is 7. The molecule has 2 aromatic rings. The SMILES string of the molecule is CC(O)CC(CNC(=O)C(C)(N)c1ccccc1)c1ccccc1. The second kappa shape index (κ2) is 8.08. The lowest BCUT2D eigenvalue weighted by atomic mass is 9.90. The monoisotopic (exact) mass is 326 g/mol. The Morgan fingerprint density at radius 2 is 1.67 bits per heavy atom. The number of benzene rings is 2. The van der Waals surface area contributed by atoms with E-state index in [1.54, 1.807) is 13.8 Å². The second-order valence-electron chi connectivity index (χ2n) is 6.47. The summed E-state index contributed by atoms with van der Waals surface area (Å²) >= 11 is 0. The molecule has 0 aliphatic heterocycles. The van der Waals surface area contributed by atoms with Gasteiger partial charge in [-0.2, -0.15) is 0 Å². The number of hydrogen-bond acceptors (Lipinski definition) is 3. The van der Waals surface area contributed by atoms with Gasteiger partial charge in [0.2, 0.25) is 5.91 Å². The molecule has 0 saturated heterocycles. The van der Waals surface area contributed by atoms with E-state index in [1.165, 1.54) is 0 Å². The summed E-state index contributed by atoms with van der Waals surface area (Å²) in [6, 6.07) is 19.2. The van der Waals surface area contributed by atoms with Gasteiger partial charge in [0.15, 0.2) is 0 Å². The summed E-state index contributed by atoms with van der Waals surface area (Å²) in [5.74, 6) is -0.179. The molecule has 0 fully saturated rings. The molecule has 0 aliphatic rings. The van der Waals surface area contributed by atoms with E-state index in [0.29, 0.717) is 13.0 Å². The fourth-order valence-corrected chi connectivity index (χ4v) is 2.79. The van der Waals surface area contributed by atoms with Gasteiger partial charge in [-0.1, -0.05) is 60.7 Å². The average Bonchev–Trinajstić information content (AvgIpc) is 2.59. The molecule has 0 aromatic heterocycles. The van der Waals surface area contributed by atoms with Gasteiger partial charge in [0.1, 0.15) is 5.54 Å². The number of hydrogen-bond donors (Lipinski definition) is 3. The number of nitrogens with one attached hydrogen (secondary N) is 1. The van der Waals surface area contributed by atoms with Crippen molar-refractivity contribution in [1.82, 2.24) is 5.32 Å². The Morgan fingerprint density at radius 1 is 1.12 bits per heavy atom. The van der Waals surface area contributed by atoms with Gasteiger partial charge in [-0.15, -0.1) is 0 Å². The number of nitrogens with two attached hydrogens (primary N) is 1. The van der Waals surface area contributed by atoms with Crippen LogP contribution >= 0.6 is 0 Å². The number of carbonyl (C=O) groups is 1. The van der Waals surface area contributed by atoms with Crippen LogP contribution in [0.25, 0.3) is 0 Å². The third kappa shape index (κ3) is 4.66. The maximum Gasteiger partial charge on any atom is 0.244 e. The lowest BCUT2D eigenvalue weighted by Crippen LogP contribution is -2.49. The van der Waals surface area contributed by atoms with Crippen LogP contribution in [0.1, 0.15) is 37.3 Å². The van der Waals surface area contributed by atoms with Crippen molar-refractivity contribution in [1.29, 1.82) is 0 Å². The Morgan fingerprint density at radius 3 is 2.21 bits per heavy atom. The van der Waals surface area contributed by atoms with E-state index in [-0.39, 0.29) is 11.8 Å². The van der Waals surface area contributed by atoms with E-state index in [9.17, 15) is 9.90 Å². The van der Waals surface area contributed by atoms with Crippen molar-refractivity contribution in [2.45, 2.75) is 37.8 Å². The zero-order valence-electron chi connectivity index (χ0n) is 14.3. The molecule has 3 unspecified atom stereocenters. The van der Waals surface area contributed by atoms with E-state index in [0.717, 1.165) is 11.1 Å². The van der Waals surface area contributed by atoms with Crippen LogP contribution in [-0.2, 0) is 10.3 Å². The van der Waals surface area contributed by atoms with E-state index in [4.69, 9.17) is 5.73 Å². The Hall–Kier alpha value is -2.17. The van der Waals surface area contributed by atoms with Crippen molar-refractivity contribution in [3.05, 3.63) is 71.8 Å². The first kappa shape index (κ1) is 18.2. The van der Waals surface area contributed by atoms with E-state index < -0.39 is 11.6 Å². The van der Waals surface area contributed by atoms with Gasteiger partial charge in [0.05, 0.1) is 6.10 Å². The minimum absolute atomic E-state index is 0.0433. The van der Waals surface area contributed by atoms with Crippen LogP contribution in [0.4, 0.5) is 0 Å². The molecule has 1 amide bonds. The highest BCUT2D eigenvalue weighted by molar-refractivity contribution is 5.87. The lowest BCUT2D eigenvalue weighted by Gasteiger charge is -2.26. The normalized spacial score (nSPS) is 16.0. The third-order valence-corrected chi connectivity index (χ3v) is 4.25. The molecule has 3 atom stereocenters. The summed E-state index contributed by atoms with van der Waals surface area (Å²) in [7, 11) is 0. The number of aliphatic hydroxyl groups is 1. The third-order valence-electron chi connectivity index (χ3n) is 4.25. The molecule has 4 nitrogen and oxygen atoms in total. The zero-order valence-corrected chi connectivity index (χ0v) is 14.3. The molecule has 2 aromatic carbocycles. The fraction of sp³-hybridized carbons (Fsp3) is 0.350. The molecule has 4 heteroatoms. The van der Waals surface area contributed by atoms with Crippen molar-refractivity contribution in [2.24, 2.45) is 5.73 Å². The van der Waals surface area contributed by atoms with Crippen molar-refractivity contribution in [3.8, 4) is 0 Å². The van der Waals surface area contributed by atoms with Crippen LogP contribution in [0, 0.1) is 0 Å². The largest absolute Gasteiger partial charge is 0.393 e. The summed E-state index contributed by atoms with van der Waals surface area (Å²) in [5.41, 5.74) is 7.02. The quantitative estimate of drug-likeness (QED) is 0.732. The standard InChI is InChI=1S/C20H26N2O2/c1-15(23)13-17(16-9-5-3-6-10-16)14-22-19(24)20(2,21)18-11-7-4-8-12-18/h3-12,15,17,23H,13-14,21H2,1-2H3,(H,22,24). The van der Waals surface area contributed by atoms with E-state index in [1.807, 2.05) is 60.7 Å². The molecule has 0 aliphatic carbocycles. The first-order chi connectivity index (χ1) is 11.4. The van der Waals surface area contributed by atoms with Crippen LogP contribution in [0.15, 0.2) is 60.7 Å². The van der Waals surface area contributed by atoms with Crippen LogP contribution in [-0.4, -0.2) is 23.7 Å². The number of amides is 1. The molecule has 0 radical (unpaired) electrons. The van der Waals surface area contributed by atoms with Crippen LogP contribution in [0.5, 0.6) is 0 Å². The molecular formula is C20H26N2O2. The zero-order chi connectivity index (χ0) is 17.6. The molecular weight excluding hydrogens is 300 g/mol. The first-order valence-electron chi connectivity index (χ1n) is 8.27. The highest BCUT2D eigenvalue weighted by Crippen LogP contribution is 2.22. The molecule has 2 rings (SSSR count). The summed E-state index contributed by atoms with van der Waals surface area (Å²) in [6.45, 7) is 3.91. The van der Waals surface area contributed by atoms with Crippen molar-refractivity contribution in [3.63, 3.8) is 0 Å². The Balaban J connectivity index is 2.07. The summed E-state index contributed by atoms with van der Waals surface area (Å²) < 4.78 is 0. The van der Waals surface area contributed by atoms with Gasteiger partial charge < -0.3 is 16.2 Å². The van der Waals surface area contributed by atoms with Crippen LogP contribution < -0.4 is 11.1 Å². The van der Waals surface area contributed by atoms with E-state index in [2.05, 4.69) is 5.32 Å². The second-order valence-corrected chi connectivity index (χ2v) is 6.47. The fourth-order valence-electron chi connectivity index (χ4n) is 2.79. The van der Waals surface area contributed by atoms with Crippen molar-refractivity contribution >= 4 is 5.91 Å². The summed E-state index contributed by atoms with van der Waals surface area (Å²) in [4.78, 5) is 12.6. The Kier molecular flexibility index (Phi) is 6.12. The van der Waals surface area contributed by atoms with Gasteiger partial charge in [-0.05, 0) is 31.4 Å². The highest BCUT2D eigenvalue weighted by atomic mass is 16.3. The molecule has 128 valence electrons. The molecule has 0 bridgehead atoms. The summed E-state index contributed by atoms with van der Waals surface area (Å²) in [5, 5.41) is 12.7. The molecule has 0 saturated carbocycles. The predicted octanol–water partition coefficient (Wildman–Crippen LogP) is 2.53. The van der Waals surface area contributed by atoms with Crippen molar-refractivity contribution < 1.29 is 9.90 Å². The molecule has 0 heterocycles. The Labute approximate surface area is 143 Å². The number of carbonyl (C=O) groups excluding carboxylic acids is 1. The van der Waals surface area contributed by atoms with E-state index >= 15 is 0 Å². The lowest BCUT2D eigenvalue weighted by molar-refractivity contribution is -0.126. The summed E-state index contributed by atoms with van der Waals surface area (Å²) in [6.07, 6.45) is 0.141. The number of aliphatic hydroxyl groups excluding tert-OH is 1. The minimum Gasteiger partial charge on any atom is -0.393 e. The van der Waals surface area contributed by atoms with Gasteiger partial charge in [-0.25, -0.2) is 0 Å². The predicted molar refractivity (Wildman–Crippen MR) is 96.5 cm³/mol. The molecule has 4 N–H and O–H groups in total. The maximum atomic E-state index is 12.6. The van der Waals surface area contributed by atoms with Crippen LogP contribution in [0.3, 0.4) is 0 Å². The van der Waals surface area contributed by atoms with Gasteiger partial charge in [0, 0.05) is 12.5 Å². The average molecular weight is 326 g/mol.